The Morgan fingerprint density at radius 3 is 2.84 bits per heavy atom. The molecule has 4 rings (SSSR count). The average Bonchev–Trinajstić information content (AvgIpc) is 2.99. The summed E-state index contributed by atoms with van der Waals surface area (Å²) in [6.07, 6.45) is 6.32. The number of aromatic nitrogens is 2. The van der Waals surface area contributed by atoms with Gasteiger partial charge in [-0.2, -0.15) is 0 Å². The number of ether oxygens (including phenoxy) is 1. The minimum Gasteiger partial charge on any atom is -0.495 e. The lowest BCUT2D eigenvalue weighted by Crippen LogP contribution is -2.27. The molecule has 1 aliphatic carbocycles. The summed E-state index contributed by atoms with van der Waals surface area (Å²) in [5.74, 6) is 0.617. The molecule has 0 spiro atoms. The van der Waals surface area contributed by atoms with Crippen LogP contribution in [0, 0.1) is 0 Å². The van der Waals surface area contributed by atoms with Crippen molar-refractivity contribution in [2.45, 2.75) is 63.6 Å². The molecule has 1 aromatic carbocycles. The number of carbonyl (C=O) groups excluding carboxylic acids is 1. The molecule has 8 heteroatoms. The van der Waals surface area contributed by atoms with E-state index in [4.69, 9.17) is 9.72 Å². The number of fused-ring (bicyclic) bond motifs is 3. The lowest BCUT2D eigenvalue weighted by molar-refractivity contribution is -0.113. The quantitative estimate of drug-likeness (QED) is 0.282. The summed E-state index contributed by atoms with van der Waals surface area (Å²) in [5, 5.41) is 4.31. The fraction of sp³-hybridized carbons (Fsp3) is 0.458. The first-order valence-electron chi connectivity index (χ1n) is 11.2. The lowest BCUT2D eigenvalue weighted by Gasteiger charge is -2.18. The fourth-order valence-electron chi connectivity index (χ4n) is 4.11. The van der Waals surface area contributed by atoms with Gasteiger partial charge >= 0.3 is 0 Å². The van der Waals surface area contributed by atoms with E-state index in [9.17, 15) is 9.59 Å². The third-order valence-electron chi connectivity index (χ3n) is 5.98. The van der Waals surface area contributed by atoms with Crippen LogP contribution in [0.25, 0.3) is 10.2 Å². The number of anilines is 1. The van der Waals surface area contributed by atoms with Crippen molar-refractivity contribution in [1.29, 1.82) is 0 Å². The van der Waals surface area contributed by atoms with Crippen LogP contribution in [0.15, 0.2) is 34.2 Å². The highest BCUT2D eigenvalue weighted by Gasteiger charge is 2.23. The van der Waals surface area contributed by atoms with Crippen molar-refractivity contribution in [3.8, 4) is 5.75 Å². The summed E-state index contributed by atoms with van der Waals surface area (Å²) in [6.45, 7) is 4.11. The number of para-hydroxylation sites is 2. The molecule has 3 aromatic rings. The predicted molar refractivity (Wildman–Crippen MR) is 132 cm³/mol. The summed E-state index contributed by atoms with van der Waals surface area (Å²) >= 11 is 2.97. The molecule has 1 N–H and O–H groups in total. The summed E-state index contributed by atoms with van der Waals surface area (Å²) < 4.78 is 7.10. The van der Waals surface area contributed by atoms with Gasteiger partial charge < -0.3 is 10.1 Å². The Morgan fingerprint density at radius 1 is 1.28 bits per heavy atom. The Kier molecular flexibility index (Phi) is 7.20. The van der Waals surface area contributed by atoms with Crippen molar-refractivity contribution in [2.24, 2.45) is 0 Å². The minimum absolute atomic E-state index is 0.0144. The normalized spacial score (nSPS) is 14.6. The topological polar surface area (TPSA) is 73.2 Å². The molecular formula is C24H29N3O3S2. The number of rotatable bonds is 7. The highest BCUT2D eigenvalue weighted by molar-refractivity contribution is 7.99. The molecule has 0 fully saturated rings. The summed E-state index contributed by atoms with van der Waals surface area (Å²) in [6, 6.07) is 7.33. The molecule has 1 amide bonds. The van der Waals surface area contributed by atoms with Gasteiger partial charge in [-0.1, -0.05) is 37.2 Å². The van der Waals surface area contributed by atoms with Crippen LogP contribution >= 0.6 is 23.1 Å². The molecular weight excluding hydrogens is 442 g/mol. The molecule has 0 saturated carbocycles. The van der Waals surface area contributed by atoms with Crippen LogP contribution in [-0.2, 0) is 17.6 Å². The van der Waals surface area contributed by atoms with Gasteiger partial charge in [-0.15, -0.1) is 11.3 Å². The van der Waals surface area contributed by atoms with Gasteiger partial charge in [0.25, 0.3) is 5.56 Å². The zero-order chi connectivity index (χ0) is 22.7. The van der Waals surface area contributed by atoms with Crippen LogP contribution in [-0.4, -0.2) is 28.3 Å². The molecule has 0 bridgehead atoms. The van der Waals surface area contributed by atoms with E-state index in [-0.39, 0.29) is 23.3 Å². The Bertz CT molecular complexity index is 1190. The summed E-state index contributed by atoms with van der Waals surface area (Å²) in [7, 11) is 1.58. The predicted octanol–water partition coefficient (Wildman–Crippen LogP) is 5.44. The lowest BCUT2D eigenvalue weighted by atomic mass is 10.1. The molecule has 2 aromatic heterocycles. The third kappa shape index (κ3) is 4.57. The first kappa shape index (κ1) is 22.9. The van der Waals surface area contributed by atoms with Gasteiger partial charge in [-0.25, -0.2) is 4.98 Å². The summed E-state index contributed by atoms with van der Waals surface area (Å²) in [4.78, 5) is 33.3. The maximum atomic E-state index is 13.6. The standard InChI is InChI=1S/C24H29N3O3S2/c1-4-15(2)27-23(29)21-16-10-6-5-7-13-19(16)32-22(21)26-24(27)31-14-20(28)25-17-11-8-9-12-18(17)30-3/h8-9,11-12,15H,4-7,10,13-14H2,1-3H3,(H,25,28). The smallest absolute Gasteiger partial charge is 0.263 e. The first-order chi connectivity index (χ1) is 15.5. The van der Waals surface area contributed by atoms with Gasteiger partial charge in [0.1, 0.15) is 10.6 Å². The largest absolute Gasteiger partial charge is 0.495 e. The maximum Gasteiger partial charge on any atom is 0.263 e. The molecule has 0 saturated heterocycles. The summed E-state index contributed by atoms with van der Waals surface area (Å²) in [5.41, 5.74) is 1.88. The Labute approximate surface area is 196 Å². The monoisotopic (exact) mass is 471 g/mol. The van der Waals surface area contributed by atoms with E-state index in [1.165, 1.54) is 35.0 Å². The SMILES string of the molecule is CCC(C)n1c(SCC(=O)Nc2ccccc2OC)nc2sc3c(c2c1=O)CCCCC3. The van der Waals surface area contributed by atoms with E-state index in [0.29, 0.717) is 16.6 Å². The average molecular weight is 472 g/mol. The van der Waals surface area contributed by atoms with Gasteiger partial charge in [0, 0.05) is 10.9 Å². The van der Waals surface area contributed by atoms with Crippen LogP contribution in [0.1, 0.15) is 56.0 Å². The molecule has 1 atom stereocenters. The zero-order valence-corrected chi connectivity index (χ0v) is 20.4. The maximum absolute atomic E-state index is 13.6. The van der Waals surface area contributed by atoms with Crippen LogP contribution in [0.5, 0.6) is 5.75 Å². The molecule has 0 aliphatic heterocycles. The van der Waals surface area contributed by atoms with Gasteiger partial charge in [0.05, 0.1) is 23.9 Å². The third-order valence-corrected chi connectivity index (χ3v) is 8.12. The minimum atomic E-state index is -0.161. The number of hydrogen-bond donors (Lipinski definition) is 1. The van der Waals surface area contributed by atoms with Crippen molar-refractivity contribution >= 4 is 44.9 Å². The van der Waals surface area contributed by atoms with Crippen molar-refractivity contribution in [1.82, 2.24) is 9.55 Å². The molecule has 32 heavy (non-hydrogen) atoms. The molecule has 1 aliphatic rings. The highest BCUT2D eigenvalue weighted by atomic mass is 32.2. The van der Waals surface area contributed by atoms with E-state index in [1.807, 2.05) is 19.1 Å². The van der Waals surface area contributed by atoms with E-state index >= 15 is 0 Å². The fourth-order valence-corrected chi connectivity index (χ4v) is 6.31. The van der Waals surface area contributed by atoms with E-state index < -0.39 is 0 Å². The van der Waals surface area contributed by atoms with Gasteiger partial charge in [-0.05, 0) is 56.7 Å². The number of nitrogens with zero attached hydrogens (tertiary/aromatic N) is 2. The van der Waals surface area contributed by atoms with Crippen molar-refractivity contribution in [2.75, 3.05) is 18.2 Å². The second kappa shape index (κ2) is 10.1. The number of hydrogen-bond acceptors (Lipinski definition) is 6. The molecule has 2 heterocycles. The molecule has 170 valence electrons. The van der Waals surface area contributed by atoms with Gasteiger partial charge in [0.15, 0.2) is 5.16 Å². The van der Waals surface area contributed by atoms with E-state index in [0.717, 1.165) is 35.9 Å². The van der Waals surface area contributed by atoms with Crippen molar-refractivity contribution in [3.63, 3.8) is 0 Å². The Morgan fingerprint density at radius 2 is 2.06 bits per heavy atom. The Hall–Kier alpha value is -2.32. The number of nitrogens with one attached hydrogen (secondary N) is 1. The number of amides is 1. The van der Waals surface area contributed by atoms with Crippen LogP contribution in [0.4, 0.5) is 5.69 Å². The van der Waals surface area contributed by atoms with Crippen molar-refractivity contribution < 1.29 is 9.53 Å². The van der Waals surface area contributed by atoms with E-state index in [1.54, 1.807) is 35.1 Å². The number of thiophene rings is 1. The second-order valence-corrected chi connectivity index (χ2v) is 10.1. The number of aryl methyl sites for hydroxylation is 2. The second-order valence-electron chi connectivity index (χ2n) is 8.11. The number of thioether (sulfide) groups is 1. The molecule has 0 radical (unpaired) electrons. The van der Waals surface area contributed by atoms with Crippen LogP contribution < -0.4 is 15.6 Å². The first-order valence-corrected chi connectivity index (χ1v) is 13.0. The number of benzene rings is 1. The van der Waals surface area contributed by atoms with Crippen LogP contribution in [0.3, 0.4) is 0 Å². The highest BCUT2D eigenvalue weighted by Crippen LogP contribution is 2.35. The van der Waals surface area contributed by atoms with Gasteiger partial charge in [-0.3, -0.25) is 14.2 Å². The number of carbonyl (C=O) groups is 1. The van der Waals surface area contributed by atoms with Crippen molar-refractivity contribution in [3.05, 3.63) is 45.1 Å². The van der Waals surface area contributed by atoms with Crippen LogP contribution in [0.2, 0.25) is 0 Å². The number of methoxy groups -OCH3 is 1. The zero-order valence-electron chi connectivity index (χ0n) is 18.8. The van der Waals surface area contributed by atoms with Gasteiger partial charge in [0.2, 0.25) is 5.91 Å². The molecule has 6 nitrogen and oxygen atoms in total. The Balaban J connectivity index is 1.64. The van der Waals surface area contributed by atoms with E-state index in [2.05, 4.69) is 12.2 Å². The molecule has 1 unspecified atom stereocenters.